The standard InChI is InChI=1S/C19H26N2O5/c1-13(2)26-12-10-21-18(23)16(14-7-5-6-8-15(14)25-4)17(19(21)24)20(3)9-11-22/h5-8,13,22H,9-12H2,1-4H3. The molecule has 0 bridgehead atoms. The molecule has 0 aromatic heterocycles. The van der Waals surface area contributed by atoms with Gasteiger partial charge in [0.05, 0.1) is 38.5 Å². The number of benzene rings is 1. The summed E-state index contributed by atoms with van der Waals surface area (Å²) in [6.07, 6.45) is 0.0148. The molecule has 1 aliphatic rings. The number of nitrogens with zero attached hydrogens (tertiary/aromatic N) is 2. The molecule has 2 rings (SSSR count). The summed E-state index contributed by atoms with van der Waals surface area (Å²) in [7, 11) is 3.20. The monoisotopic (exact) mass is 362 g/mol. The number of imide groups is 1. The van der Waals surface area contributed by atoms with Crippen molar-refractivity contribution in [2.75, 3.05) is 40.5 Å². The van der Waals surface area contributed by atoms with E-state index < -0.39 is 0 Å². The first-order chi connectivity index (χ1) is 12.4. The van der Waals surface area contributed by atoms with Crippen LogP contribution in [0.3, 0.4) is 0 Å². The molecule has 1 aliphatic heterocycles. The maximum atomic E-state index is 13.0. The molecule has 2 amide bonds. The Hall–Kier alpha value is -2.38. The Balaban J connectivity index is 2.44. The zero-order valence-electron chi connectivity index (χ0n) is 15.7. The Labute approximate surface area is 153 Å². The largest absolute Gasteiger partial charge is 0.496 e. The fourth-order valence-electron chi connectivity index (χ4n) is 2.86. The molecule has 0 radical (unpaired) electrons. The molecule has 0 unspecified atom stereocenters. The van der Waals surface area contributed by atoms with Crippen LogP contribution in [0.2, 0.25) is 0 Å². The third kappa shape index (κ3) is 4.05. The van der Waals surface area contributed by atoms with Crippen molar-refractivity contribution in [3.05, 3.63) is 35.5 Å². The molecular formula is C19H26N2O5. The summed E-state index contributed by atoms with van der Waals surface area (Å²) < 4.78 is 10.9. The minimum absolute atomic E-state index is 0.0148. The highest BCUT2D eigenvalue weighted by molar-refractivity contribution is 6.36. The lowest BCUT2D eigenvalue weighted by molar-refractivity contribution is -0.138. The van der Waals surface area contributed by atoms with Gasteiger partial charge in [0.1, 0.15) is 11.4 Å². The molecule has 7 nitrogen and oxygen atoms in total. The number of methoxy groups -OCH3 is 1. The number of rotatable bonds is 9. The number of hydrogen-bond acceptors (Lipinski definition) is 6. The maximum absolute atomic E-state index is 13.0. The van der Waals surface area contributed by atoms with E-state index >= 15 is 0 Å². The normalized spacial score (nSPS) is 14.6. The average molecular weight is 362 g/mol. The van der Waals surface area contributed by atoms with Gasteiger partial charge in [-0.3, -0.25) is 14.5 Å². The van der Waals surface area contributed by atoms with E-state index in [0.29, 0.717) is 11.3 Å². The first-order valence-corrected chi connectivity index (χ1v) is 8.59. The Morgan fingerprint density at radius 1 is 1.19 bits per heavy atom. The van der Waals surface area contributed by atoms with Gasteiger partial charge in [-0.05, 0) is 19.9 Å². The SMILES string of the molecule is COc1ccccc1C1=C(N(C)CCO)C(=O)N(CCOC(C)C)C1=O. The highest BCUT2D eigenvalue weighted by Gasteiger charge is 2.41. The number of carbonyl (C=O) groups excluding carboxylic acids is 2. The highest BCUT2D eigenvalue weighted by atomic mass is 16.5. The molecule has 1 N–H and O–H groups in total. The van der Waals surface area contributed by atoms with E-state index in [-0.39, 0.29) is 55.5 Å². The van der Waals surface area contributed by atoms with Crippen molar-refractivity contribution in [3.8, 4) is 5.75 Å². The minimum Gasteiger partial charge on any atom is -0.496 e. The predicted molar refractivity (Wildman–Crippen MR) is 97.4 cm³/mol. The number of likely N-dealkylation sites (N-methyl/N-ethyl adjacent to an activating group) is 1. The van der Waals surface area contributed by atoms with Crippen LogP contribution in [-0.2, 0) is 14.3 Å². The van der Waals surface area contributed by atoms with Crippen LogP contribution >= 0.6 is 0 Å². The van der Waals surface area contributed by atoms with Crippen LogP contribution in [0.1, 0.15) is 19.4 Å². The minimum atomic E-state index is -0.390. The van der Waals surface area contributed by atoms with Gasteiger partial charge in [0.2, 0.25) is 0 Å². The van der Waals surface area contributed by atoms with Gasteiger partial charge in [-0.2, -0.15) is 0 Å². The fraction of sp³-hybridized carbons (Fsp3) is 0.474. The summed E-state index contributed by atoms with van der Waals surface area (Å²) in [5, 5.41) is 9.26. The van der Waals surface area contributed by atoms with E-state index in [2.05, 4.69) is 0 Å². The second-order valence-electron chi connectivity index (χ2n) is 6.25. The molecule has 0 saturated carbocycles. The first-order valence-electron chi connectivity index (χ1n) is 8.59. The lowest BCUT2D eigenvalue weighted by Crippen LogP contribution is -2.37. The van der Waals surface area contributed by atoms with Crippen molar-refractivity contribution in [1.29, 1.82) is 0 Å². The number of aliphatic hydroxyl groups excluding tert-OH is 1. The summed E-state index contributed by atoms with van der Waals surface area (Å²) in [6.45, 7) is 4.34. The van der Waals surface area contributed by atoms with Crippen LogP contribution < -0.4 is 4.74 Å². The molecule has 1 heterocycles. The molecule has 0 atom stereocenters. The van der Waals surface area contributed by atoms with E-state index in [1.54, 1.807) is 36.2 Å². The van der Waals surface area contributed by atoms with Gasteiger partial charge >= 0.3 is 0 Å². The van der Waals surface area contributed by atoms with Crippen molar-refractivity contribution in [2.24, 2.45) is 0 Å². The quantitative estimate of drug-likeness (QED) is 0.664. The molecule has 26 heavy (non-hydrogen) atoms. The summed E-state index contributed by atoms with van der Waals surface area (Å²) >= 11 is 0. The van der Waals surface area contributed by atoms with Crippen molar-refractivity contribution in [3.63, 3.8) is 0 Å². The Kier molecular flexibility index (Phi) is 6.76. The van der Waals surface area contributed by atoms with Gasteiger partial charge in [0.15, 0.2) is 0 Å². The van der Waals surface area contributed by atoms with E-state index in [1.807, 2.05) is 13.8 Å². The number of carbonyl (C=O) groups is 2. The molecule has 0 aliphatic carbocycles. The number of para-hydroxylation sites is 1. The van der Waals surface area contributed by atoms with Crippen LogP contribution in [0.4, 0.5) is 0 Å². The van der Waals surface area contributed by atoms with Gasteiger partial charge in [-0.15, -0.1) is 0 Å². The Bertz CT molecular complexity index is 699. The molecule has 0 spiro atoms. The third-order valence-electron chi connectivity index (χ3n) is 4.10. The van der Waals surface area contributed by atoms with Gasteiger partial charge in [-0.25, -0.2) is 0 Å². The summed E-state index contributed by atoms with van der Waals surface area (Å²) in [5.41, 5.74) is 1.10. The average Bonchev–Trinajstić information content (AvgIpc) is 2.86. The summed E-state index contributed by atoms with van der Waals surface area (Å²) in [5.74, 6) is -0.260. The molecule has 7 heteroatoms. The topological polar surface area (TPSA) is 79.3 Å². The van der Waals surface area contributed by atoms with Gasteiger partial charge in [0, 0.05) is 19.2 Å². The van der Waals surface area contributed by atoms with Crippen molar-refractivity contribution in [2.45, 2.75) is 20.0 Å². The number of hydrogen-bond donors (Lipinski definition) is 1. The highest BCUT2D eigenvalue weighted by Crippen LogP contribution is 2.35. The van der Waals surface area contributed by atoms with E-state index in [1.165, 1.54) is 12.0 Å². The smallest absolute Gasteiger partial charge is 0.277 e. The van der Waals surface area contributed by atoms with Crippen LogP contribution in [0.5, 0.6) is 5.75 Å². The molecule has 0 saturated heterocycles. The van der Waals surface area contributed by atoms with Gasteiger partial charge in [0.25, 0.3) is 11.8 Å². The molecule has 1 aromatic carbocycles. The van der Waals surface area contributed by atoms with Gasteiger partial charge in [-0.1, -0.05) is 18.2 Å². The van der Waals surface area contributed by atoms with E-state index in [0.717, 1.165) is 0 Å². The third-order valence-corrected chi connectivity index (χ3v) is 4.10. The van der Waals surface area contributed by atoms with Crippen molar-refractivity contribution in [1.82, 2.24) is 9.80 Å². The zero-order valence-corrected chi connectivity index (χ0v) is 15.7. The maximum Gasteiger partial charge on any atom is 0.277 e. The van der Waals surface area contributed by atoms with Crippen LogP contribution in [-0.4, -0.2) is 73.3 Å². The lowest BCUT2D eigenvalue weighted by Gasteiger charge is -2.20. The summed E-state index contributed by atoms with van der Waals surface area (Å²) in [6, 6.07) is 7.08. The van der Waals surface area contributed by atoms with Crippen molar-refractivity contribution < 1.29 is 24.2 Å². The fourth-order valence-corrected chi connectivity index (χ4v) is 2.86. The zero-order chi connectivity index (χ0) is 19.3. The second-order valence-corrected chi connectivity index (χ2v) is 6.25. The lowest BCUT2D eigenvalue weighted by atomic mass is 10.0. The molecule has 1 aromatic rings. The Morgan fingerprint density at radius 2 is 1.88 bits per heavy atom. The second kappa shape index (κ2) is 8.82. The Morgan fingerprint density at radius 3 is 2.50 bits per heavy atom. The first kappa shape index (κ1) is 19.9. The van der Waals surface area contributed by atoms with E-state index in [9.17, 15) is 14.7 Å². The van der Waals surface area contributed by atoms with Crippen molar-refractivity contribution >= 4 is 17.4 Å². The van der Waals surface area contributed by atoms with Gasteiger partial charge < -0.3 is 19.5 Å². The predicted octanol–water partition coefficient (Wildman–Crippen LogP) is 1.12. The van der Waals surface area contributed by atoms with Crippen LogP contribution in [0.15, 0.2) is 30.0 Å². The van der Waals surface area contributed by atoms with E-state index in [4.69, 9.17) is 9.47 Å². The van der Waals surface area contributed by atoms with Crippen LogP contribution in [0, 0.1) is 0 Å². The summed E-state index contributed by atoms with van der Waals surface area (Å²) in [4.78, 5) is 28.7. The van der Waals surface area contributed by atoms with Crippen LogP contribution in [0.25, 0.3) is 5.57 Å². The molecule has 0 fully saturated rings. The number of aliphatic hydroxyl groups is 1. The molecule has 142 valence electrons. The molecular weight excluding hydrogens is 336 g/mol. The number of ether oxygens (including phenoxy) is 2. The number of amides is 2.